The Hall–Kier alpha value is -4.48. The van der Waals surface area contributed by atoms with E-state index >= 15 is 0 Å². The molecule has 1 aliphatic heterocycles. The number of benzene rings is 2. The van der Waals surface area contributed by atoms with Crippen molar-refractivity contribution in [3.63, 3.8) is 0 Å². The monoisotopic (exact) mass is 630 g/mol. The van der Waals surface area contributed by atoms with Crippen molar-refractivity contribution in [2.24, 2.45) is 0 Å². The third-order valence-electron chi connectivity index (χ3n) is 7.35. The predicted octanol–water partition coefficient (Wildman–Crippen LogP) is 5.47. The first kappa shape index (κ1) is 34.4. The summed E-state index contributed by atoms with van der Waals surface area (Å²) < 4.78 is 10.8. The molecule has 0 radical (unpaired) electrons. The minimum Gasteiger partial charge on any atom is -0.444 e. The summed E-state index contributed by atoms with van der Waals surface area (Å²) in [5, 5.41) is 8.56. The number of carbonyl (C=O) groups excluding carboxylic acids is 3. The number of anilines is 2. The number of rotatable bonds is 12. The number of hydrogen-bond acceptors (Lipinski definition) is 7. The number of ether oxygens (including phenoxy) is 2. The molecule has 0 unspecified atom stereocenters. The van der Waals surface area contributed by atoms with Crippen LogP contribution in [0.3, 0.4) is 0 Å². The van der Waals surface area contributed by atoms with Crippen LogP contribution >= 0.6 is 0 Å². The van der Waals surface area contributed by atoms with Gasteiger partial charge in [-0.05, 0) is 69.9 Å². The fraction of sp³-hybridized carbons (Fsp3) is 0.429. The van der Waals surface area contributed by atoms with E-state index < -0.39 is 17.6 Å². The van der Waals surface area contributed by atoms with Crippen molar-refractivity contribution >= 4 is 29.4 Å². The van der Waals surface area contributed by atoms with Crippen LogP contribution in [0, 0.1) is 6.92 Å². The lowest BCUT2D eigenvalue weighted by molar-refractivity contribution is 0.0364. The number of hydrogen-bond donors (Lipinski definition) is 3. The molecule has 0 spiro atoms. The fourth-order valence-electron chi connectivity index (χ4n) is 4.92. The van der Waals surface area contributed by atoms with Gasteiger partial charge in [0.2, 0.25) is 0 Å². The van der Waals surface area contributed by atoms with E-state index in [0.717, 1.165) is 51.3 Å². The molecule has 2 heterocycles. The fourth-order valence-corrected chi connectivity index (χ4v) is 4.92. The Balaban J connectivity index is 1.36. The second-order valence-corrected chi connectivity index (χ2v) is 12.4. The molecule has 1 aliphatic rings. The first-order valence-corrected chi connectivity index (χ1v) is 15.8. The highest BCUT2D eigenvalue weighted by Gasteiger charge is 2.19. The van der Waals surface area contributed by atoms with Crippen LogP contribution in [0.5, 0.6) is 0 Å². The summed E-state index contributed by atoms with van der Waals surface area (Å²) >= 11 is 0. The second kappa shape index (κ2) is 16.7. The van der Waals surface area contributed by atoms with Crippen LogP contribution in [0.15, 0.2) is 66.9 Å². The zero-order chi connectivity index (χ0) is 32.9. The van der Waals surface area contributed by atoms with Gasteiger partial charge in [-0.15, -0.1) is 0 Å². The number of amides is 4. The molecule has 11 heteroatoms. The molecule has 1 fully saturated rings. The average molecular weight is 631 g/mol. The number of pyridine rings is 1. The molecule has 0 bridgehead atoms. The number of urea groups is 1. The Morgan fingerprint density at radius 2 is 1.61 bits per heavy atom. The van der Waals surface area contributed by atoms with Gasteiger partial charge in [0.15, 0.2) is 0 Å². The van der Waals surface area contributed by atoms with Gasteiger partial charge in [0, 0.05) is 45.5 Å². The van der Waals surface area contributed by atoms with Crippen molar-refractivity contribution in [3.8, 4) is 0 Å². The average Bonchev–Trinajstić information content (AvgIpc) is 3.02. The molecule has 3 N–H and O–H groups in total. The number of para-hydroxylation sites is 2. The number of nitrogens with one attached hydrogen (secondary N) is 3. The largest absolute Gasteiger partial charge is 0.444 e. The molecule has 0 aliphatic carbocycles. The van der Waals surface area contributed by atoms with Crippen molar-refractivity contribution in [2.75, 3.05) is 56.6 Å². The Bertz CT molecular complexity index is 1430. The number of carbonyl (C=O) groups is 3. The highest BCUT2D eigenvalue weighted by atomic mass is 16.6. The minimum absolute atomic E-state index is 0.134. The molecule has 3 aromatic rings. The summed E-state index contributed by atoms with van der Waals surface area (Å²) in [6.07, 6.45) is 2.57. The van der Waals surface area contributed by atoms with Crippen LogP contribution in [-0.4, -0.2) is 84.4 Å². The molecular formula is C35H46N6O5. The topological polar surface area (TPSA) is 125 Å². The normalized spacial score (nSPS) is 13.5. The third kappa shape index (κ3) is 11.5. The standard InChI is InChI=1S/C35H46N6O5/c1-26-10-12-27(13-11-26)16-17-36-33(43)41(19-7-18-40-20-22-45-23-21-40)25-28-14-15-31(37-24-28)32(42)38-29-8-5-6-9-30(29)39-34(44)46-35(2,3)4/h5-6,8-15,24H,7,16-23,25H2,1-4H3,(H,36,43)(H,38,42)(H,39,44). The Morgan fingerprint density at radius 1 is 0.935 bits per heavy atom. The van der Waals surface area contributed by atoms with Gasteiger partial charge in [-0.3, -0.25) is 20.0 Å². The summed E-state index contributed by atoms with van der Waals surface area (Å²) in [6.45, 7) is 13.0. The van der Waals surface area contributed by atoms with Gasteiger partial charge >= 0.3 is 12.1 Å². The zero-order valence-electron chi connectivity index (χ0n) is 27.3. The molecule has 46 heavy (non-hydrogen) atoms. The lowest BCUT2D eigenvalue weighted by atomic mass is 10.1. The number of aryl methyl sites for hydroxylation is 1. The number of morpholine rings is 1. The SMILES string of the molecule is Cc1ccc(CCNC(=O)N(CCCN2CCOCC2)Cc2ccc(C(=O)Nc3ccccc3NC(=O)OC(C)(C)C)nc2)cc1. The van der Waals surface area contributed by atoms with Crippen LogP contribution in [0.4, 0.5) is 21.0 Å². The van der Waals surface area contributed by atoms with Gasteiger partial charge in [0.25, 0.3) is 5.91 Å². The van der Waals surface area contributed by atoms with E-state index in [2.05, 4.69) is 57.0 Å². The second-order valence-electron chi connectivity index (χ2n) is 12.4. The molecule has 246 valence electrons. The highest BCUT2D eigenvalue weighted by Crippen LogP contribution is 2.23. The van der Waals surface area contributed by atoms with E-state index in [1.54, 1.807) is 68.3 Å². The lowest BCUT2D eigenvalue weighted by Crippen LogP contribution is -2.42. The van der Waals surface area contributed by atoms with Crippen LogP contribution < -0.4 is 16.0 Å². The third-order valence-corrected chi connectivity index (χ3v) is 7.35. The molecule has 4 amide bonds. The smallest absolute Gasteiger partial charge is 0.412 e. The molecule has 1 aromatic heterocycles. The highest BCUT2D eigenvalue weighted by molar-refractivity contribution is 6.05. The van der Waals surface area contributed by atoms with Crippen LogP contribution in [0.1, 0.15) is 54.4 Å². The molecule has 2 aromatic carbocycles. The first-order valence-electron chi connectivity index (χ1n) is 15.8. The maximum atomic E-state index is 13.3. The van der Waals surface area contributed by atoms with E-state index in [4.69, 9.17) is 9.47 Å². The number of aromatic nitrogens is 1. The molecule has 11 nitrogen and oxygen atoms in total. The quantitative estimate of drug-likeness (QED) is 0.243. The van der Waals surface area contributed by atoms with Crippen molar-refractivity contribution < 1.29 is 23.9 Å². The molecule has 4 rings (SSSR count). The van der Waals surface area contributed by atoms with Crippen LogP contribution in [-0.2, 0) is 22.4 Å². The van der Waals surface area contributed by atoms with Gasteiger partial charge < -0.3 is 25.0 Å². The number of nitrogens with zero attached hydrogens (tertiary/aromatic N) is 3. The lowest BCUT2D eigenvalue weighted by Gasteiger charge is -2.28. The van der Waals surface area contributed by atoms with E-state index in [0.29, 0.717) is 31.0 Å². The summed E-state index contributed by atoms with van der Waals surface area (Å²) in [7, 11) is 0. The van der Waals surface area contributed by atoms with Crippen LogP contribution in [0.2, 0.25) is 0 Å². The van der Waals surface area contributed by atoms with Crippen LogP contribution in [0.25, 0.3) is 0 Å². The van der Waals surface area contributed by atoms with Crippen molar-refractivity contribution in [2.45, 2.75) is 52.7 Å². The van der Waals surface area contributed by atoms with E-state index in [9.17, 15) is 14.4 Å². The minimum atomic E-state index is -0.658. The van der Waals surface area contributed by atoms with Crippen molar-refractivity contribution in [1.29, 1.82) is 0 Å². The van der Waals surface area contributed by atoms with Gasteiger partial charge in [0.05, 0.1) is 24.6 Å². The van der Waals surface area contributed by atoms with E-state index in [1.807, 2.05) is 0 Å². The Labute approximate surface area is 271 Å². The predicted molar refractivity (Wildman–Crippen MR) is 179 cm³/mol. The summed E-state index contributed by atoms with van der Waals surface area (Å²) in [4.78, 5) is 47.2. The summed E-state index contributed by atoms with van der Waals surface area (Å²) in [5.74, 6) is -0.429. The Morgan fingerprint density at radius 3 is 2.26 bits per heavy atom. The molecular weight excluding hydrogens is 584 g/mol. The zero-order valence-corrected chi connectivity index (χ0v) is 27.3. The summed E-state index contributed by atoms with van der Waals surface area (Å²) in [6, 6.07) is 18.5. The van der Waals surface area contributed by atoms with Gasteiger partial charge in [0.1, 0.15) is 11.3 Å². The first-order chi connectivity index (χ1) is 22.1. The summed E-state index contributed by atoms with van der Waals surface area (Å²) in [5.41, 5.74) is 3.55. The maximum Gasteiger partial charge on any atom is 0.412 e. The molecule has 0 saturated carbocycles. The van der Waals surface area contributed by atoms with Crippen molar-refractivity contribution in [3.05, 3.63) is 89.2 Å². The van der Waals surface area contributed by atoms with Gasteiger partial charge in [-0.1, -0.05) is 48.0 Å². The molecule has 0 atom stereocenters. The van der Waals surface area contributed by atoms with Gasteiger partial charge in [-0.25, -0.2) is 9.59 Å². The molecule has 1 saturated heterocycles. The van der Waals surface area contributed by atoms with E-state index in [1.165, 1.54) is 11.1 Å². The Kier molecular flexibility index (Phi) is 12.5. The maximum absolute atomic E-state index is 13.3. The van der Waals surface area contributed by atoms with Crippen molar-refractivity contribution in [1.82, 2.24) is 20.1 Å². The van der Waals surface area contributed by atoms with Gasteiger partial charge in [-0.2, -0.15) is 0 Å². The van der Waals surface area contributed by atoms with E-state index in [-0.39, 0.29) is 11.7 Å².